The van der Waals surface area contributed by atoms with Crippen molar-refractivity contribution >= 4 is 28.2 Å². The van der Waals surface area contributed by atoms with Crippen molar-refractivity contribution in [1.29, 1.82) is 0 Å². The SMILES string of the molecule is O=C(c1cccs1)c1c(O)[nH]c2cc(F)cnc12. The molecule has 3 rings (SSSR count). The lowest BCUT2D eigenvalue weighted by Gasteiger charge is -1.96. The maximum absolute atomic E-state index is 13.0. The van der Waals surface area contributed by atoms with E-state index in [1.165, 1.54) is 17.4 Å². The van der Waals surface area contributed by atoms with E-state index in [0.29, 0.717) is 10.4 Å². The number of H-pyrrole nitrogens is 1. The van der Waals surface area contributed by atoms with Gasteiger partial charge in [0.15, 0.2) is 0 Å². The molecule has 3 aromatic heterocycles. The van der Waals surface area contributed by atoms with Gasteiger partial charge in [0, 0.05) is 6.07 Å². The molecule has 0 bridgehead atoms. The molecule has 3 aromatic rings. The van der Waals surface area contributed by atoms with Crippen molar-refractivity contribution in [3.05, 3.63) is 46.0 Å². The van der Waals surface area contributed by atoms with Gasteiger partial charge in [0.2, 0.25) is 11.7 Å². The first-order chi connectivity index (χ1) is 8.66. The second-order valence-electron chi connectivity index (χ2n) is 3.70. The Morgan fingerprint density at radius 3 is 3.06 bits per heavy atom. The molecule has 3 heterocycles. The molecule has 0 saturated heterocycles. The number of ketones is 1. The predicted octanol–water partition coefficient (Wildman–Crippen LogP) is 2.70. The Bertz CT molecular complexity index is 734. The zero-order chi connectivity index (χ0) is 12.7. The number of fused-ring (bicyclic) bond motifs is 1. The molecule has 0 unspecified atom stereocenters. The molecule has 2 N–H and O–H groups in total. The van der Waals surface area contributed by atoms with E-state index in [2.05, 4.69) is 9.97 Å². The molecular weight excluding hydrogens is 255 g/mol. The monoisotopic (exact) mass is 262 g/mol. The molecule has 0 aliphatic carbocycles. The number of pyridine rings is 1. The standard InChI is InChI=1S/C12H7FN2O2S/c13-6-4-7-10(14-5-6)9(12(17)15-7)11(16)8-2-1-3-18-8/h1-5,15,17H. The quantitative estimate of drug-likeness (QED) is 0.698. The van der Waals surface area contributed by atoms with Gasteiger partial charge in [0.25, 0.3) is 0 Å². The van der Waals surface area contributed by atoms with Crippen LogP contribution in [0.4, 0.5) is 4.39 Å². The van der Waals surface area contributed by atoms with Crippen molar-refractivity contribution in [2.75, 3.05) is 0 Å². The summed E-state index contributed by atoms with van der Waals surface area (Å²) in [5, 5.41) is 11.5. The van der Waals surface area contributed by atoms with Gasteiger partial charge < -0.3 is 10.1 Å². The van der Waals surface area contributed by atoms with E-state index in [1.807, 2.05) is 0 Å². The maximum Gasteiger partial charge on any atom is 0.210 e. The van der Waals surface area contributed by atoms with Crippen molar-refractivity contribution in [2.24, 2.45) is 0 Å². The van der Waals surface area contributed by atoms with Crippen LogP contribution in [-0.4, -0.2) is 20.9 Å². The number of halogens is 1. The van der Waals surface area contributed by atoms with Gasteiger partial charge in [0.1, 0.15) is 16.9 Å². The number of carbonyl (C=O) groups is 1. The maximum atomic E-state index is 13.0. The number of aromatic amines is 1. The number of hydrogen-bond acceptors (Lipinski definition) is 4. The molecule has 0 aliphatic rings. The smallest absolute Gasteiger partial charge is 0.210 e. The van der Waals surface area contributed by atoms with E-state index < -0.39 is 5.82 Å². The lowest BCUT2D eigenvalue weighted by molar-refractivity contribution is 0.104. The fourth-order valence-corrected chi connectivity index (χ4v) is 2.45. The summed E-state index contributed by atoms with van der Waals surface area (Å²) in [5.41, 5.74) is 0.646. The fourth-order valence-electron chi connectivity index (χ4n) is 1.78. The molecule has 0 atom stereocenters. The highest BCUT2D eigenvalue weighted by Gasteiger charge is 2.21. The Morgan fingerprint density at radius 2 is 2.33 bits per heavy atom. The molecule has 18 heavy (non-hydrogen) atoms. The van der Waals surface area contributed by atoms with Gasteiger partial charge in [-0.1, -0.05) is 6.07 Å². The summed E-state index contributed by atoms with van der Waals surface area (Å²) in [4.78, 5) is 19.1. The first-order valence-electron chi connectivity index (χ1n) is 5.11. The van der Waals surface area contributed by atoms with Crippen LogP contribution in [0.2, 0.25) is 0 Å². The Morgan fingerprint density at radius 1 is 1.50 bits per heavy atom. The summed E-state index contributed by atoms with van der Waals surface area (Å²) in [6.07, 6.45) is 1.01. The van der Waals surface area contributed by atoms with E-state index in [-0.39, 0.29) is 22.7 Å². The average molecular weight is 262 g/mol. The van der Waals surface area contributed by atoms with Gasteiger partial charge in [-0.3, -0.25) is 9.78 Å². The molecule has 0 radical (unpaired) electrons. The minimum atomic E-state index is -0.529. The molecule has 4 nitrogen and oxygen atoms in total. The number of nitrogens with one attached hydrogen (secondary N) is 1. The van der Waals surface area contributed by atoms with Gasteiger partial charge in [-0.25, -0.2) is 4.39 Å². The van der Waals surface area contributed by atoms with Gasteiger partial charge in [-0.15, -0.1) is 11.3 Å². The van der Waals surface area contributed by atoms with Crippen LogP contribution in [0, 0.1) is 5.82 Å². The molecule has 0 aromatic carbocycles. The topological polar surface area (TPSA) is 66.0 Å². The van der Waals surface area contributed by atoms with E-state index in [1.54, 1.807) is 17.5 Å². The predicted molar refractivity (Wildman–Crippen MR) is 65.5 cm³/mol. The van der Waals surface area contributed by atoms with Crippen LogP contribution in [0.1, 0.15) is 15.2 Å². The summed E-state index contributed by atoms with van der Waals surface area (Å²) in [6, 6.07) is 4.60. The van der Waals surface area contributed by atoms with E-state index in [4.69, 9.17) is 0 Å². The summed E-state index contributed by atoms with van der Waals surface area (Å²) in [5.74, 6) is -1.15. The molecular formula is C12H7FN2O2S. The van der Waals surface area contributed by atoms with Crippen LogP contribution in [0.5, 0.6) is 5.88 Å². The van der Waals surface area contributed by atoms with E-state index >= 15 is 0 Å². The van der Waals surface area contributed by atoms with Crippen molar-refractivity contribution < 1.29 is 14.3 Å². The second kappa shape index (κ2) is 3.92. The minimum Gasteiger partial charge on any atom is -0.494 e. The number of aromatic nitrogens is 2. The van der Waals surface area contributed by atoms with Crippen molar-refractivity contribution in [3.8, 4) is 5.88 Å². The number of aromatic hydroxyl groups is 1. The molecule has 0 amide bonds. The van der Waals surface area contributed by atoms with Crippen LogP contribution in [0.15, 0.2) is 29.8 Å². The highest BCUT2D eigenvalue weighted by atomic mass is 32.1. The Hall–Kier alpha value is -2.21. The van der Waals surface area contributed by atoms with Gasteiger partial charge in [0.05, 0.1) is 16.6 Å². The molecule has 0 aliphatic heterocycles. The number of carbonyl (C=O) groups excluding carboxylic acids is 1. The number of hydrogen-bond donors (Lipinski definition) is 2. The van der Waals surface area contributed by atoms with E-state index in [0.717, 1.165) is 6.20 Å². The minimum absolute atomic E-state index is 0.0763. The van der Waals surface area contributed by atoms with Gasteiger partial charge in [-0.2, -0.15) is 0 Å². The Labute approximate surface area is 105 Å². The first kappa shape index (κ1) is 10.9. The molecule has 6 heteroatoms. The molecule has 0 fully saturated rings. The fraction of sp³-hybridized carbons (Fsp3) is 0. The number of nitrogens with zero attached hydrogens (tertiary/aromatic N) is 1. The third-order valence-corrected chi connectivity index (χ3v) is 3.42. The summed E-state index contributed by atoms with van der Waals surface area (Å²) < 4.78 is 13.0. The highest BCUT2D eigenvalue weighted by Crippen LogP contribution is 2.29. The van der Waals surface area contributed by atoms with Crippen LogP contribution < -0.4 is 0 Å². The summed E-state index contributed by atoms with van der Waals surface area (Å²) in [6.45, 7) is 0. The van der Waals surface area contributed by atoms with Crippen molar-refractivity contribution in [3.63, 3.8) is 0 Å². The Kier molecular flexibility index (Phi) is 2.38. The third-order valence-electron chi connectivity index (χ3n) is 2.55. The molecule has 90 valence electrons. The third kappa shape index (κ3) is 1.58. The largest absolute Gasteiger partial charge is 0.494 e. The normalized spacial score (nSPS) is 10.9. The van der Waals surface area contributed by atoms with Crippen LogP contribution in [-0.2, 0) is 0 Å². The van der Waals surface area contributed by atoms with E-state index in [9.17, 15) is 14.3 Å². The average Bonchev–Trinajstić information content (AvgIpc) is 2.94. The van der Waals surface area contributed by atoms with Crippen LogP contribution in [0.3, 0.4) is 0 Å². The van der Waals surface area contributed by atoms with Gasteiger partial charge in [-0.05, 0) is 11.4 Å². The van der Waals surface area contributed by atoms with Crippen molar-refractivity contribution in [1.82, 2.24) is 9.97 Å². The Balaban J connectivity index is 2.23. The number of rotatable bonds is 2. The lowest BCUT2D eigenvalue weighted by atomic mass is 10.1. The zero-order valence-electron chi connectivity index (χ0n) is 8.98. The second-order valence-corrected chi connectivity index (χ2v) is 4.65. The van der Waals surface area contributed by atoms with Crippen molar-refractivity contribution in [2.45, 2.75) is 0 Å². The van der Waals surface area contributed by atoms with Gasteiger partial charge >= 0.3 is 0 Å². The first-order valence-corrected chi connectivity index (χ1v) is 5.99. The summed E-state index contributed by atoms with van der Waals surface area (Å²) >= 11 is 1.27. The molecule has 0 spiro atoms. The molecule has 0 saturated carbocycles. The number of thiophene rings is 1. The lowest BCUT2D eigenvalue weighted by Crippen LogP contribution is -1.98. The van der Waals surface area contributed by atoms with Crippen LogP contribution in [0.25, 0.3) is 11.0 Å². The van der Waals surface area contributed by atoms with Crippen LogP contribution >= 0.6 is 11.3 Å². The summed E-state index contributed by atoms with van der Waals surface area (Å²) in [7, 11) is 0. The zero-order valence-corrected chi connectivity index (χ0v) is 9.79. The highest BCUT2D eigenvalue weighted by molar-refractivity contribution is 7.12.